The summed E-state index contributed by atoms with van der Waals surface area (Å²) in [5.74, 6) is 0. The summed E-state index contributed by atoms with van der Waals surface area (Å²) in [4.78, 5) is 2.33. The standard InChI is InChI=1S/C12H25NO2/c1-11(2)13(8-9-14)7-3-5-12-6-4-10-15-12/h11-12,14H,3-10H2,1-2H3. The van der Waals surface area contributed by atoms with E-state index in [4.69, 9.17) is 9.84 Å². The quantitative estimate of drug-likeness (QED) is 0.701. The molecule has 1 unspecified atom stereocenters. The summed E-state index contributed by atoms with van der Waals surface area (Å²) in [5.41, 5.74) is 0. The van der Waals surface area contributed by atoms with Crippen LogP contribution in [-0.4, -0.2) is 48.5 Å². The van der Waals surface area contributed by atoms with Crippen molar-refractivity contribution in [2.24, 2.45) is 0 Å². The van der Waals surface area contributed by atoms with Crippen molar-refractivity contribution in [1.29, 1.82) is 0 Å². The zero-order chi connectivity index (χ0) is 11.1. The van der Waals surface area contributed by atoms with Crippen LogP contribution in [-0.2, 0) is 4.74 Å². The third-order valence-electron chi connectivity index (χ3n) is 3.11. The second-order valence-electron chi connectivity index (χ2n) is 4.63. The van der Waals surface area contributed by atoms with Crippen LogP contribution in [0.4, 0.5) is 0 Å². The maximum absolute atomic E-state index is 8.93. The molecule has 1 saturated heterocycles. The molecule has 0 radical (unpaired) electrons. The highest BCUT2D eigenvalue weighted by Crippen LogP contribution is 2.17. The third-order valence-corrected chi connectivity index (χ3v) is 3.11. The molecule has 1 heterocycles. The molecule has 0 aromatic carbocycles. The lowest BCUT2D eigenvalue weighted by molar-refractivity contribution is 0.0947. The van der Waals surface area contributed by atoms with Crippen LogP contribution >= 0.6 is 0 Å². The molecular formula is C12H25NO2. The highest BCUT2D eigenvalue weighted by molar-refractivity contribution is 4.68. The normalized spacial score (nSPS) is 21.8. The highest BCUT2D eigenvalue weighted by Gasteiger charge is 2.16. The van der Waals surface area contributed by atoms with E-state index in [9.17, 15) is 0 Å². The molecule has 1 atom stereocenters. The summed E-state index contributed by atoms with van der Waals surface area (Å²) in [7, 11) is 0. The van der Waals surface area contributed by atoms with Gasteiger partial charge in [-0.05, 0) is 46.1 Å². The largest absolute Gasteiger partial charge is 0.395 e. The van der Waals surface area contributed by atoms with Crippen LogP contribution in [0.2, 0.25) is 0 Å². The molecule has 90 valence electrons. The molecule has 1 N–H and O–H groups in total. The van der Waals surface area contributed by atoms with E-state index in [-0.39, 0.29) is 6.61 Å². The maximum Gasteiger partial charge on any atom is 0.0576 e. The number of nitrogens with zero attached hydrogens (tertiary/aromatic N) is 1. The summed E-state index contributed by atoms with van der Waals surface area (Å²) >= 11 is 0. The Hall–Kier alpha value is -0.120. The average Bonchev–Trinajstić information content (AvgIpc) is 2.69. The Morgan fingerprint density at radius 2 is 2.20 bits per heavy atom. The maximum atomic E-state index is 8.93. The van der Waals surface area contributed by atoms with Crippen LogP contribution in [0.3, 0.4) is 0 Å². The van der Waals surface area contributed by atoms with Crippen molar-refractivity contribution in [3.8, 4) is 0 Å². The Bertz CT molecular complexity index is 156. The van der Waals surface area contributed by atoms with Gasteiger partial charge in [-0.1, -0.05) is 0 Å². The molecule has 3 nitrogen and oxygen atoms in total. The monoisotopic (exact) mass is 215 g/mol. The van der Waals surface area contributed by atoms with Gasteiger partial charge in [-0.25, -0.2) is 0 Å². The lowest BCUT2D eigenvalue weighted by Gasteiger charge is -2.25. The first kappa shape index (κ1) is 12.9. The topological polar surface area (TPSA) is 32.7 Å². The van der Waals surface area contributed by atoms with Crippen LogP contribution in [0.5, 0.6) is 0 Å². The van der Waals surface area contributed by atoms with Crippen LogP contribution < -0.4 is 0 Å². The zero-order valence-corrected chi connectivity index (χ0v) is 10.1. The van der Waals surface area contributed by atoms with Crippen molar-refractivity contribution in [2.45, 2.75) is 51.7 Å². The van der Waals surface area contributed by atoms with E-state index in [1.807, 2.05) is 0 Å². The van der Waals surface area contributed by atoms with Crippen molar-refractivity contribution in [1.82, 2.24) is 4.90 Å². The van der Waals surface area contributed by atoms with Gasteiger partial charge in [0.2, 0.25) is 0 Å². The van der Waals surface area contributed by atoms with Gasteiger partial charge < -0.3 is 9.84 Å². The fourth-order valence-corrected chi connectivity index (χ4v) is 2.15. The molecule has 0 saturated carbocycles. The Labute approximate surface area is 93.4 Å². The number of ether oxygens (including phenoxy) is 1. The molecule has 0 aromatic rings. The van der Waals surface area contributed by atoms with Gasteiger partial charge in [-0.2, -0.15) is 0 Å². The Morgan fingerprint density at radius 3 is 2.73 bits per heavy atom. The summed E-state index contributed by atoms with van der Waals surface area (Å²) in [6.07, 6.45) is 5.34. The number of aliphatic hydroxyl groups excluding tert-OH is 1. The third kappa shape index (κ3) is 4.96. The van der Waals surface area contributed by atoms with E-state index in [1.165, 1.54) is 25.7 Å². The summed E-state index contributed by atoms with van der Waals surface area (Å²) in [5, 5.41) is 8.93. The van der Waals surface area contributed by atoms with Gasteiger partial charge >= 0.3 is 0 Å². The van der Waals surface area contributed by atoms with Crippen LogP contribution in [0, 0.1) is 0 Å². The molecule has 1 rings (SSSR count). The second kappa shape index (κ2) is 7.20. The molecule has 0 spiro atoms. The van der Waals surface area contributed by atoms with Crippen LogP contribution in [0.25, 0.3) is 0 Å². The first-order chi connectivity index (χ1) is 7.24. The molecule has 0 amide bonds. The summed E-state index contributed by atoms with van der Waals surface area (Å²) < 4.78 is 5.59. The molecule has 3 heteroatoms. The van der Waals surface area contributed by atoms with Gasteiger partial charge in [0.1, 0.15) is 0 Å². The van der Waals surface area contributed by atoms with Gasteiger partial charge in [0.15, 0.2) is 0 Å². The van der Waals surface area contributed by atoms with E-state index in [0.29, 0.717) is 12.1 Å². The van der Waals surface area contributed by atoms with Gasteiger partial charge in [0.05, 0.1) is 12.7 Å². The van der Waals surface area contributed by atoms with E-state index >= 15 is 0 Å². The van der Waals surface area contributed by atoms with E-state index in [0.717, 1.165) is 19.7 Å². The van der Waals surface area contributed by atoms with Crippen LogP contribution in [0.1, 0.15) is 39.5 Å². The van der Waals surface area contributed by atoms with E-state index in [2.05, 4.69) is 18.7 Å². The number of hydrogen-bond acceptors (Lipinski definition) is 3. The van der Waals surface area contributed by atoms with Crippen molar-refractivity contribution in [3.63, 3.8) is 0 Å². The SMILES string of the molecule is CC(C)N(CCO)CCCC1CCCO1. The summed E-state index contributed by atoms with van der Waals surface area (Å²) in [6, 6.07) is 0.529. The van der Waals surface area contributed by atoms with Crippen molar-refractivity contribution in [2.75, 3.05) is 26.3 Å². The smallest absolute Gasteiger partial charge is 0.0576 e. The Morgan fingerprint density at radius 1 is 1.40 bits per heavy atom. The minimum atomic E-state index is 0.262. The first-order valence-electron chi connectivity index (χ1n) is 6.20. The fourth-order valence-electron chi connectivity index (χ4n) is 2.15. The van der Waals surface area contributed by atoms with Gasteiger partial charge in [0, 0.05) is 19.2 Å². The number of aliphatic hydroxyl groups is 1. The minimum Gasteiger partial charge on any atom is -0.395 e. The van der Waals surface area contributed by atoms with Crippen molar-refractivity contribution < 1.29 is 9.84 Å². The summed E-state index contributed by atoms with van der Waals surface area (Å²) in [6.45, 7) is 7.46. The van der Waals surface area contributed by atoms with E-state index in [1.54, 1.807) is 0 Å². The van der Waals surface area contributed by atoms with Gasteiger partial charge in [0.25, 0.3) is 0 Å². The highest BCUT2D eigenvalue weighted by atomic mass is 16.5. The fraction of sp³-hybridized carbons (Fsp3) is 1.00. The molecule has 15 heavy (non-hydrogen) atoms. The lowest BCUT2D eigenvalue weighted by atomic mass is 10.1. The number of rotatable bonds is 7. The molecule has 0 aromatic heterocycles. The average molecular weight is 215 g/mol. The molecule has 1 fully saturated rings. The van der Waals surface area contributed by atoms with E-state index < -0.39 is 0 Å². The van der Waals surface area contributed by atoms with Crippen LogP contribution in [0.15, 0.2) is 0 Å². The van der Waals surface area contributed by atoms with Gasteiger partial charge in [-0.15, -0.1) is 0 Å². The Balaban J connectivity index is 2.09. The predicted octanol–water partition coefficient (Wildman–Crippen LogP) is 1.65. The predicted molar refractivity (Wildman–Crippen MR) is 62.0 cm³/mol. The molecule has 1 aliphatic heterocycles. The zero-order valence-electron chi connectivity index (χ0n) is 10.1. The molecule has 0 bridgehead atoms. The lowest BCUT2D eigenvalue weighted by Crippen LogP contribution is -2.34. The van der Waals surface area contributed by atoms with Crippen molar-refractivity contribution >= 4 is 0 Å². The van der Waals surface area contributed by atoms with Crippen molar-refractivity contribution in [3.05, 3.63) is 0 Å². The minimum absolute atomic E-state index is 0.262. The molecule has 0 aliphatic carbocycles. The second-order valence-corrected chi connectivity index (χ2v) is 4.63. The Kier molecular flexibility index (Phi) is 6.22. The van der Waals surface area contributed by atoms with Gasteiger partial charge in [-0.3, -0.25) is 4.90 Å². The molecular weight excluding hydrogens is 190 g/mol. The first-order valence-corrected chi connectivity index (χ1v) is 6.20. The number of hydrogen-bond donors (Lipinski definition) is 1. The molecule has 1 aliphatic rings.